The molecular formula is C15H9F2N5O2S. The molecule has 0 aliphatic rings. The van der Waals surface area contributed by atoms with Crippen molar-refractivity contribution in [3.63, 3.8) is 0 Å². The van der Waals surface area contributed by atoms with Gasteiger partial charge < -0.3 is 9.51 Å². The van der Waals surface area contributed by atoms with Crippen molar-refractivity contribution in [2.24, 2.45) is 0 Å². The molecule has 0 radical (unpaired) electrons. The predicted molar refractivity (Wildman–Crippen MR) is 84.9 cm³/mol. The Morgan fingerprint density at radius 1 is 1.24 bits per heavy atom. The highest BCUT2D eigenvalue weighted by Gasteiger charge is 2.16. The number of hydrogen-bond acceptors (Lipinski definition) is 6. The molecule has 4 rings (SSSR count). The minimum absolute atomic E-state index is 0.118. The molecule has 0 fully saturated rings. The molecule has 126 valence electrons. The van der Waals surface area contributed by atoms with Gasteiger partial charge in [-0.15, -0.1) is 11.3 Å². The van der Waals surface area contributed by atoms with Gasteiger partial charge in [-0.2, -0.15) is 13.9 Å². The Morgan fingerprint density at radius 2 is 2.12 bits per heavy atom. The summed E-state index contributed by atoms with van der Waals surface area (Å²) in [5.74, 6) is -0.860. The summed E-state index contributed by atoms with van der Waals surface area (Å²) in [4.78, 5) is 18.4. The fraction of sp³-hybridized carbons (Fsp3) is 0.0667. The third kappa shape index (κ3) is 2.98. The quantitative estimate of drug-likeness (QED) is 0.604. The van der Waals surface area contributed by atoms with Crippen LogP contribution in [0.1, 0.15) is 4.88 Å². The number of thiophene rings is 1. The van der Waals surface area contributed by atoms with Crippen molar-refractivity contribution in [1.82, 2.24) is 24.9 Å². The van der Waals surface area contributed by atoms with E-state index < -0.39 is 11.4 Å². The van der Waals surface area contributed by atoms with E-state index in [-0.39, 0.29) is 11.0 Å². The van der Waals surface area contributed by atoms with Gasteiger partial charge in [0.1, 0.15) is 17.7 Å². The first-order chi connectivity index (χ1) is 12.1. The minimum Gasteiger partial charge on any atom is -0.364 e. The van der Waals surface area contributed by atoms with Crippen LogP contribution >= 0.6 is 11.3 Å². The smallest absolute Gasteiger partial charge is 0.287 e. The third-order valence-corrected chi connectivity index (χ3v) is 4.27. The van der Waals surface area contributed by atoms with Crippen molar-refractivity contribution < 1.29 is 13.3 Å². The number of hydrogen-bond donors (Lipinski definition) is 1. The number of halogens is 2. The Labute approximate surface area is 142 Å². The van der Waals surface area contributed by atoms with Crippen molar-refractivity contribution in [2.75, 3.05) is 0 Å². The molecule has 0 saturated heterocycles. The number of nitrogens with one attached hydrogen (secondary N) is 1. The maximum absolute atomic E-state index is 13.2. The molecule has 4 aromatic rings. The summed E-state index contributed by atoms with van der Waals surface area (Å²) in [7, 11) is 0. The van der Waals surface area contributed by atoms with E-state index in [0.717, 1.165) is 22.4 Å². The Bertz CT molecular complexity index is 1080. The summed E-state index contributed by atoms with van der Waals surface area (Å²) in [6.07, 6.45) is 2.24. The molecule has 0 atom stereocenters. The molecular weight excluding hydrogens is 352 g/mol. The van der Waals surface area contributed by atoms with Gasteiger partial charge in [0.25, 0.3) is 5.56 Å². The second kappa shape index (κ2) is 6.06. The topological polar surface area (TPSA) is 89.6 Å². The molecule has 0 aliphatic heterocycles. The Kier molecular flexibility index (Phi) is 3.73. The molecule has 25 heavy (non-hydrogen) atoms. The van der Waals surface area contributed by atoms with Crippen LogP contribution in [0.25, 0.3) is 22.9 Å². The van der Waals surface area contributed by atoms with Crippen LogP contribution < -0.4 is 5.56 Å². The van der Waals surface area contributed by atoms with Crippen molar-refractivity contribution in [2.45, 2.75) is 6.54 Å². The van der Waals surface area contributed by atoms with Crippen LogP contribution in [0, 0.1) is 10.9 Å². The van der Waals surface area contributed by atoms with Gasteiger partial charge in [0, 0.05) is 10.9 Å². The molecule has 0 bridgehead atoms. The van der Waals surface area contributed by atoms with Crippen LogP contribution in [0.5, 0.6) is 0 Å². The van der Waals surface area contributed by atoms with Crippen molar-refractivity contribution in [3.8, 4) is 22.9 Å². The highest BCUT2D eigenvalue weighted by Crippen LogP contribution is 2.25. The van der Waals surface area contributed by atoms with E-state index in [9.17, 15) is 13.6 Å². The van der Waals surface area contributed by atoms with Crippen LogP contribution in [-0.4, -0.2) is 24.9 Å². The first-order valence-electron chi connectivity index (χ1n) is 7.08. The molecule has 7 nitrogen and oxygen atoms in total. The summed E-state index contributed by atoms with van der Waals surface area (Å²) < 4.78 is 32.8. The van der Waals surface area contributed by atoms with Gasteiger partial charge in [0.15, 0.2) is 11.0 Å². The molecule has 4 aromatic heterocycles. The molecule has 1 N–H and O–H groups in total. The van der Waals surface area contributed by atoms with Crippen LogP contribution in [0.3, 0.4) is 0 Å². The number of aromatic amines is 1. The maximum atomic E-state index is 13.2. The van der Waals surface area contributed by atoms with Crippen LogP contribution in [0.4, 0.5) is 8.78 Å². The zero-order valence-electron chi connectivity index (χ0n) is 12.4. The van der Waals surface area contributed by atoms with Crippen molar-refractivity contribution in [3.05, 3.63) is 62.9 Å². The monoisotopic (exact) mass is 361 g/mol. The van der Waals surface area contributed by atoms with Crippen LogP contribution in [-0.2, 0) is 6.54 Å². The Hall–Kier alpha value is -3.14. The maximum Gasteiger partial charge on any atom is 0.287 e. The molecule has 0 aliphatic carbocycles. The molecule has 0 spiro atoms. The Morgan fingerprint density at radius 3 is 2.80 bits per heavy atom. The van der Waals surface area contributed by atoms with E-state index in [0.29, 0.717) is 23.6 Å². The van der Waals surface area contributed by atoms with Crippen LogP contribution in [0.2, 0.25) is 0 Å². The van der Waals surface area contributed by atoms with Gasteiger partial charge in [0.05, 0.1) is 18.4 Å². The van der Waals surface area contributed by atoms with Gasteiger partial charge in [-0.3, -0.25) is 9.48 Å². The number of H-pyrrole nitrogens is 1. The Balaban J connectivity index is 1.80. The second-order valence-corrected chi connectivity index (χ2v) is 6.19. The molecule has 0 unspecified atom stereocenters. The van der Waals surface area contributed by atoms with Crippen LogP contribution in [0.15, 0.2) is 46.0 Å². The minimum atomic E-state index is -0.978. The fourth-order valence-electron chi connectivity index (χ4n) is 2.30. The zero-order chi connectivity index (χ0) is 17.4. The molecule has 0 aromatic carbocycles. The van der Waals surface area contributed by atoms with Gasteiger partial charge in [-0.1, -0.05) is 5.16 Å². The summed E-state index contributed by atoms with van der Waals surface area (Å²) >= 11 is 1.00. The van der Waals surface area contributed by atoms with Gasteiger partial charge in [0.2, 0.25) is 5.82 Å². The number of aromatic nitrogens is 5. The first kappa shape index (κ1) is 15.4. The van der Waals surface area contributed by atoms with E-state index in [1.54, 1.807) is 22.9 Å². The highest BCUT2D eigenvalue weighted by atomic mass is 32.1. The molecule has 0 amide bonds. The predicted octanol–water partition coefficient (Wildman–Crippen LogP) is 2.68. The highest BCUT2D eigenvalue weighted by molar-refractivity contribution is 7.10. The lowest BCUT2D eigenvalue weighted by molar-refractivity contribution is 0.421. The number of nitrogens with zero attached hydrogens (tertiary/aromatic N) is 4. The summed E-state index contributed by atoms with van der Waals surface area (Å²) in [5, 5.41) is 7.95. The lowest BCUT2D eigenvalue weighted by Gasteiger charge is -2.03. The van der Waals surface area contributed by atoms with E-state index >= 15 is 0 Å². The van der Waals surface area contributed by atoms with E-state index in [4.69, 9.17) is 4.52 Å². The summed E-state index contributed by atoms with van der Waals surface area (Å²) in [5.41, 5.74) is 0.541. The summed E-state index contributed by atoms with van der Waals surface area (Å²) in [6.45, 7) is 0.294. The molecule has 10 heteroatoms. The van der Waals surface area contributed by atoms with Crippen molar-refractivity contribution in [1.29, 1.82) is 0 Å². The average Bonchev–Trinajstić information content (AvgIpc) is 3.31. The normalized spacial score (nSPS) is 11.1. The summed E-state index contributed by atoms with van der Waals surface area (Å²) in [6, 6.07) is 6.32. The van der Waals surface area contributed by atoms with Gasteiger partial charge in [-0.05, 0) is 18.2 Å². The standard InChI is InChI=1S/C15H9F2N5O2S/c16-9-6-18-14(19-15(9)23)11-5-12(10-3-4-24-21-10)22(20-11)7-8-1-2-13(17)25-8/h1-6H,7H2,(H,18,19,23). The average molecular weight is 361 g/mol. The van der Waals surface area contributed by atoms with Gasteiger partial charge in [-0.25, -0.2) is 4.98 Å². The lowest BCUT2D eigenvalue weighted by atomic mass is 10.2. The zero-order valence-corrected chi connectivity index (χ0v) is 13.3. The first-order valence-corrected chi connectivity index (χ1v) is 7.90. The molecule has 0 saturated carbocycles. The molecule has 4 heterocycles. The largest absolute Gasteiger partial charge is 0.364 e. The SMILES string of the molecule is O=c1[nH]c(-c2cc(-c3ccon3)n(Cc3ccc(F)s3)n2)ncc1F. The third-order valence-electron chi connectivity index (χ3n) is 3.41. The van der Waals surface area contributed by atoms with E-state index in [1.807, 2.05) is 0 Å². The number of rotatable bonds is 4. The fourth-order valence-corrected chi connectivity index (χ4v) is 3.01. The lowest BCUT2D eigenvalue weighted by Crippen LogP contribution is -2.12. The van der Waals surface area contributed by atoms with E-state index in [1.165, 1.54) is 12.3 Å². The van der Waals surface area contributed by atoms with E-state index in [2.05, 4.69) is 20.2 Å². The second-order valence-electron chi connectivity index (χ2n) is 5.07. The van der Waals surface area contributed by atoms with Crippen molar-refractivity contribution >= 4 is 11.3 Å². The van der Waals surface area contributed by atoms with Gasteiger partial charge >= 0.3 is 0 Å².